The zero-order valence-corrected chi connectivity index (χ0v) is 13.3. The Bertz CT molecular complexity index is 554. The highest BCUT2D eigenvalue weighted by atomic mass is 79.9. The highest BCUT2D eigenvalue weighted by Crippen LogP contribution is 2.36. The maximum Gasteiger partial charge on any atom is 0.123 e. The fraction of sp³-hybridized carbons (Fsp3) is 0.250. The molecular formula is C16H16BrClO. The first-order valence-electron chi connectivity index (χ1n) is 6.14. The number of aryl methyl sites for hydroxylation is 1. The summed E-state index contributed by atoms with van der Waals surface area (Å²) in [5, 5.41) is -0.103. The van der Waals surface area contributed by atoms with Crippen LogP contribution in [0, 0.1) is 6.92 Å². The molecule has 0 fully saturated rings. The van der Waals surface area contributed by atoms with Gasteiger partial charge in [-0.15, -0.1) is 11.6 Å². The number of methoxy groups -OCH3 is 1. The van der Waals surface area contributed by atoms with Gasteiger partial charge in [-0.1, -0.05) is 46.3 Å². The second-order valence-corrected chi connectivity index (χ2v) is 5.88. The van der Waals surface area contributed by atoms with Crippen LogP contribution in [0.15, 0.2) is 46.9 Å². The zero-order valence-electron chi connectivity index (χ0n) is 11.0. The number of benzene rings is 2. The first-order chi connectivity index (χ1) is 9.11. The van der Waals surface area contributed by atoms with E-state index >= 15 is 0 Å². The van der Waals surface area contributed by atoms with E-state index in [2.05, 4.69) is 34.1 Å². The van der Waals surface area contributed by atoms with Crippen LogP contribution in [0.2, 0.25) is 0 Å². The molecule has 2 rings (SSSR count). The molecule has 0 bridgehead atoms. The molecule has 0 aromatic heterocycles. The molecule has 0 saturated heterocycles. The molecule has 0 amide bonds. The SMILES string of the molecule is COc1cc(C)c(Br)cc1C(Cl)Cc1ccccc1. The van der Waals surface area contributed by atoms with E-state index in [1.54, 1.807) is 7.11 Å². The lowest BCUT2D eigenvalue weighted by Gasteiger charge is -2.16. The van der Waals surface area contributed by atoms with Gasteiger partial charge in [0.25, 0.3) is 0 Å². The van der Waals surface area contributed by atoms with Crippen LogP contribution in [0.25, 0.3) is 0 Å². The Kier molecular flexibility index (Phi) is 4.89. The van der Waals surface area contributed by atoms with E-state index in [4.69, 9.17) is 16.3 Å². The Labute approximate surface area is 127 Å². The van der Waals surface area contributed by atoms with Gasteiger partial charge in [-0.05, 0) is 36.6 Å². The molecule has 100 valence electrons. The van der Waals surface area contributed by atoms with Crippen molar-refractivity contribution in [2.24, 2.45) is 0 Å². The zero-order chi connectivity index (χ0) is 13.8. The van der Waals surface area contributed by atoms with Crippen LogP contribution in [0.3, 0.4) is 0 Å². The molecule has 0 heterocycles. The van der Waals surface area contributed by atoms with Gasteiger partial charge in [0.1, 0.15) is 5.75 Å². The molecule has 2 aromatic carbocycles. The van der Waals surface area contributed by atoms with Crippen molar-refractivity contribution in [1.29, 1.82) is 0 Å². The summed E-state index contributed by atoms with van der Waals surface area (Å²) in [6.45, 7) is 2.04. The molecule has 0 aliphatic heterocycles. The highest BCUT2D eigenvalue weighted by molar-refractivity contribution is 9.10. The van der Waals surface area contributed by atoms with E-state index in [1.165, 1.54) is 5.56 Å². The van der Waals surface area contributed by atoms with Gasteiger partial charge < -0.3 is 4.74 Å². The summed E-state index contributed by atoms with van der Waals surface area (Å²) in [4.78, 5) is 0. The van der Waals surface area contributed by atoms with E-state index in [0.717, 1.165) is 27.8 Å². The van der Waals surface area contributed by atoms with E-state index < -0.39 is 0 Å². The summed E-state index contributed by atoms with van der Waals surface area (Å²) in [5.41, 5.74) is 3.39. The number of ether oxygens (including phenoxy) is 1. The largest absolute Gasteiger partial charge is 0.496 e. The quantitative estimate of drug-likeness (QED) is 0.688. The maximum atomic E-state index is 6.55. The third-order valence-corrected chi connectivity index (χ3v) is 4.35. The van der Waals surface area contributed by atoms with Gasteiger partial charge in [-0.2, -0.15) is 0 Å². The number of alkyl halides is 1. The van der Waals surface area contributed by atoms with E-state index in [0.29, 0.717) is 0 Å². The van der Waals surface area contributed by atoms with Gasteiger partial charge in [0.15, 0.2) is 0 Å². The summed E-state index contributed by atoms with van der Waals surface area (Å²) in [5.74, 6) is 0.844. The van der Waals surface area contributed by atoms with Crippen molar-refractivity contribution in [3.63, 3.8) is 0 Å². The first-order valence-corrected chi connectivity index (χ1v) is 7.36. The van der Waals surface area contributed by atoms with E-state index in [-0.39, 0.29) is 5.38 Å². The Morgan fingerprint density at radius 1 is 1.21 bits per heavy atom. The maximum absolute atomic E-state index is 6.55. The minimum Gasteiger partial charge on any atom is -0.496 e. The fourth-order valence-electron chi connectivity index (χ4n) is 2.02. The van der Waals surface area contributed by atoms with Crippen LogP contribution in [-0.2, 0) is 6.42 Å². The molecule has 19 heavy (non-hydrogen) atoms. The summed E-state index contributed by atoms with van der Waals surface area (Å²) < 4.78 is 6.49. The minimum atomic E-state index is -0.103. The molecule has 3 heteroatoms. The van der Waals surface area contributed by atoms with Crippen molar-refractivity contribution in [3.8, 4) is 5.75 Å². The van der Waals surface area contributed by atoms with Crippen LogP contribution < -0.4 is 4.74 Å². The molecule has 0 spiro atoms. The topological polar surface area (TPSA) is 9.23 Å². The number of hydrogen-bond acceptors (Lipinski definition) is 1. The Morgan fingerprint density at radius 3 is 2.53 bits per heavy atom. The molecule has 0 saturated carbocycles. The lowest BCUT2D eigenvalue weighted by atomic mass is 10.0. The predicted molar refractivity (Wildman–Crippen MR) is 84.2 cm³/mol. The third kappa shape index (κ3) is 3.52. The normalized spacial score (nSPS) is 12.2. The lowest BCUT2D eigenvalue weighted by molar-refractivity contribution is 0.408. The molecule has 1 atom stereocenters. The smallest absolute Gasteiger partial charge is 0.123 e. The molecule has 0 aliphatic carbocycles. The minimum absolute atomic E-state index is 0.103. The molecule has 0 aliphatic rings. The summed E-state index contributed by atoms with van der Waals surface area (Å²) >= 11 is 10.1. The summed E-state index contributed by atoms with van der Waals surface area (Å²) in [7, 11) is 1.68. The monoisotopic (exact) mass is 338 g/mol. The van der Waals surface area contributed by atoms with Crippen molar-refractivity contribution >= 4 is 27.5 Å². The summed E-state index contributed by atoms with van der Waals surface area (Å²) in [6, 6.07) is 14.3. The Hall–Kier alpha value is -0.990. The Morgan fingerprint density at radius 2 is 1.89 bits per heavy atom. The number of hydrogen-bond donors (Lipinski definition) is 0. The van der Waals surface area contributed by atoms with Crippen molar-refractivity contribution in [3.05, 3.63) is 63.6 Å². The average Bonchev–Trinajstić information content (AvgIpc) is 2.42. The number of halogens is 2. The van der Waals surface area contributed by atoms with Crippen molar-refractivity contribution in [2.75, 3.05) is 7.11 Å². The standard InChI is InChI=1S/C16H16BrClO/c1-11-8-16(19-2)13(10-14(11)17)15(18)9-12-6-4-3-5-7-12/h3-8,10,15H,9H2,1-2H3. The molecule has 0 radical (unpaired) electrons. The first kappa shape index (κ1) is 14.4. The highest BCUT2D eigenvalue weighted by Gasteiger charge is 2.16. The number of rotatable bonds is 4. The van der Waals surface area contributed by atoms with Crippen LogP contribution in [0.4, 0.5) is 0 Å². The molecular weight excluding hydrogens is 324 g/mol. The van der Waals surface area contributed by atoms with E-state index in [9.17, 15) is 0 Å². The second kappa shape index (κ2) is 6.44. The van der Waals surface area contributed by atoms with Crippen molar-refractivity contribution < 1.29 is 4.74 Å². The third-order valence-electron chi connectivity index (χ3n) is 3.11. The van der Waals surface area contributed by atoms with Gasteiger partial charge in [0.05, 0.1) is 12.5 Å². The van der Waals surface area contributed by atoms with Crippen molar-refractivity contribution in [1.82, 2.24) is 0 Å². The molecule has 0 N–H and O–H groups in total. The second-order valence-electron chi connectivity index (χ2n) is 4.50. The van der Waals surface area contributed by atoms with E-state index in [1.807, 2.05) is 31.2 Å². The average molecular weight is 340 g/mol. The van der Waals surface area contributed by atoms with Crippen LogP contribution in [-0.4, -0.2) is 7.11 Å². The van der Waals surface area contributed by atoms with Gasteiger partial charge in [0, 0.05) is 10.0 Å². The van der Waals surface area contributed by atoms with Gasteiger partial charge in [0.2, 0.25) is 0 Å². The predicted octanol–water partition coefficient (Wildman–Crippen LogP) is 5.29. The van der Waals surface area contributed by atoms with Gasteiger partial charge in [-0.25, -0.2) is 0 Å². The van der Waals surface area contributed by atoms with Crippen LogP contribution in [0.1, 0.15) is 22.1 Å². The summed E-state index contributed by atoms with van der Waals surface area (Å²) in [6.07, 6.45) is 0.786. The fourth-order valence-corrected chi connectivity index (χ4v) is 2.73. The molecule has 2 aromatic rings. The lowest BCUT2D eigenvalue weighted by Crippen LogP contribution is -2.00. The molecule has 1 unspecified atom stereocenters. The Balaban J connectivity index is 2.28. The van der Waals surface area contributed by atoms with Crippen LogP contribution >= 0.6 is 27.5 Å². The molecule has 1 nitrogen and oxygen atoms in total. The van der Waals surface area contributed by atoms with Crippen molar-refractivity contribution in [2.45, 2.75) is 18.7 Å². The van der Waals surface area contributed by atoms with Crippen LogP contribution in [0.5, 0.6) is 5.75 Å². The van der Waals surface area contributed by atoms with Gasteiger partial charge in [-0.3, -0.25) is 0 Å². The van der Waals surface area contributed by atoms with Gasteiger partial charge >= 0.3 is 0 Å².